The Morgan fingerprint density at radius 3 is 2.44 bits per heavy atom. The Kier molecular flexibility index (Phi) is 3.58. The summed E-state index contributed by atoms with van der Waals surface area (Å²) < 4.78 is 23.7. The number of hydrogen-bond acceptors (Lipinski definition) is 2. The lowest BCUT2D eigenvalue weighted by Crippen LogP contribution is -2.13. The third kappa shape index (κ3) is 2.95. The van der Waals surface area contributed by atoms with Gasteiger partial charge in [0.15, 0.2) is 9.84 Å². The molecular formula is C13H18O2S. The second kappa shape index (κ2) is 4.42. The number of sulfone groups is 1. The molecule has 0 radical (unpaired) electrons. The minimum absolute atomic E-state index is 0.0133. The maximum atomic E-state index is 11.8. The smallest absolute Gasteiger partial charge is 0.181 e. The van der Waals surface area contributed by atoms with E-state index in [4.69, 9.17) is 0 Å². The van der Waals surface area contributed by atoms with Gasteiger partial charge in [0.25, 0.3) is 0 Å². The molecule has 3 heteroatoms. The normalized spacial score (nSPS) is 12.4. The minimum atomic E-state index is -3.21. The Morgan fingerprint density at radius 1 is 1.31 bits per heavy atom. The lowest BCUT2D eigenvalue weighted by molar-refractivity contribution is 0.584. The van der Waals surface area contributed by atoms with E-state index in [0.717, 1.165) is 5.56 Å². The van der Waals surface area contributed by atoms with Crippen LogP contribution >= 0.6 is 0 Å². The lowest BCUT2D eigenvalue weighted by atomic mass is 9.87. The van der Waals surface area contributed by atoms with E-state index in [1.54, 1.807) is 18.2 Å². The van der Waals surface area contributed by atoms with Gasteiger partial charge in [0.1, 0.15) is 0 Å². The summed E-state index contributed by atoms with van der Waals surface area (Å²) in [7, 11) is -3.21. The Hall–Kier alpha value is -1.09. The van der Waals surface area contributed by atoms with Gasteiger partial charge in [0, 0.05) is 0 Å². The van der Waals surface area contributed by atoms with Crippen molar-refractivity contribution in [2.75, 3.05) is 5.75 Å². The highest BCUT2D eigenvalue weighted by molar-refractivity contribution is 7.91. The molecule has 0 atom stereocenters. The van der Waals surface area contributed by atoms with Crippen LogP contribution in [0.2, 0.25) is 0 Å². The molecule has 0 amide bonds. The largest absolute Gasteiger partial charge is 0.223 e. The van der Waals surface area contributed by atoms with E-state index < -0.39 is 9.84 Å². The van der Waals surface area contributed by atoms with Crippen molar-refractivity contribution < 1.29 is 8.42 Å². The fourth-order valence-electron chi connectivity index (χ4n) is 1.41. The van der Waals surface area contributed by atoms with Crippen LogP contribution in [0.5, 0.6) is 0 Å². The summed E-state index contributed by atoms with van der Waals surface area (Å²) in [5.41, 5.74) is 0.984. The van der Waals surface area contributed by atoms with Gasteiger partial charge in [-0.25, -0.2) is 8.42 Å². The fraction of sp³-hybridized carbons (Fsp3) is 0.385. The molecule has 0 aliphatic carbocycles. The highest BCUT2D eigenvalue weighted by Crippen LogP contribution is 2.24. The third-order valence-corrected chi connectivity index (χ3v) is 4.04. The highest BCUT2D eigenvalue weighted by atomic mass is 32.2. The molecule has 2 nitrogen and oxygen atoms in total. The molecule has 16 heavy (non-hydrogen) atoms. The van der Waals surface area contributed by atoms with Gasteiger partial charge in [0.2, 0.25) is 0 Å². The summed E-state index contributed by atoms with van der Waals surface area (Å²) in [6, 6.07) is 7.12. The average molecular weight is 238 g/mol. The van der Waals surface area contributed by atoms with Gasteiger partial charge in [-0.15, -0.1) is 6.58 Å². The predicted octanol–water partition coefficient (Wildman–Crippen LogP) is 2.94. The molecule has 0 bridgehead atoms. The van der Waals surface area contributed by atoms with Crippen molar-refractivity contribution in [2.24, 2.45) is 0 Å². The first-order chi connectivity index (χ1) is 7.27. The number of hydrogen-bond donors (Lipinski definition) is 0. The van der Waals surface area contributed by atoms with Crippen LogP contribution in [-0.4, -0.2) is 14.2 Å². The van der Waals surface area contributed by atoms with Gasteiger partial charge >= 0.3 is 0 Å². The summed E-state index contributed by atoms with van der Waals surface area (Å²) in [6.07, 6.45) is 1.42. The lowest BCUT2D eigenvalue weighted by Gasteiger charge is -2.19. The van der Waals surface area contributed by atoms with E-state index in [9.17, 15) is 8.42 Å². The van der Waals surface area contributed by atoms with Crippen molar-refractivity contribution >= 4 is 9.84 Å². The number of rotatable bonds is 3. The van der Waals surface area contributed by atoms with Crippen LogP contribution in [0, 0.1) is 0 Å². The van der Waals surface area contributed by atoms with Crippen molar-refractivity contribution in [3.63, 3.8) is 0 Å². The van der Waals surface area contributed by atoms with Gasteiger partial charge in [-0.1, -0.05) is 39.0 Å². The van der Waals surface area contributed by atoms with Crippen LogP contribution in [0.4, 0.5) is 0 Å². The average Bonchev–Trinajstić information content (AvgIpc) is 2.16. The van der Waals surface area contributed by atoms with E-state index in [0.29, 0.717) is 4.90 Å². The van der Waals surface area contributed by atoms with Gasteiger partial charge in [-0.3, -0.25) is 0 Å². The molecule has 0 fully saturated rings. The molecule has 1 aromatic carbocycles. The Morgan fingerprint density at radius 2 is 1.94 bits per heavy atom. The monoisotopic (exact) mass is 238 g/mol. The first-order valence-electron chi connectivity index (χ1n) is 5.21. The molecule has 88 valence electrons. The van der Waals surface area contributed by atoms with Crippen LogP contribution < -0.4 is 0 Å². The maximum absolute atomic E-state index is 11.8. The molecular weight excluding hydrogens is 220 g/mol. The molecule has 0 heterocycles. The number of benzene rings is 1. The molecule has 1 aromatic rings. The van der Waals surface area contributed by atoms with Crippen molar-refractivity contribution in [1.82, 2.24) is 0 Å². The van der Waals surface area contributed by atoms with E-state index in [2.05, 4.69) is 27.4 Å². The topological polar surface area (TPSA) is 34.1 Å². The van der Waals surface area contributed by atoms with E-state index in [-0.39, 0.29) is 11.2 Å². The van der Waals surface area contributed by atoms with Crippen LogP contribution in [0.25, 0.3) is 0 Å². The first kappa shape index (κ1) is 13.0. The van der Waals surface area contributed by atoms with Crippen LogP contribution in [0.3, 0.4) is 0 Å². The van der Waals surface area contributed by atoms with E-state index in [1.807, 2.05) is 6.07 Å². The van der Waals surface area contributed by atoms with E-state index >= 15 is 0 Å². The van der Waals surface area contributed by atoms with Gasteiger partial charge < -0.3 is 0 Å². The standard InChI is InChI=1S/C13H18O2S/c1-5-9-16(14,15)12-8-6-7-11(10-12)13(2,3)4/h5-8,10H,1,9H2,2-4H3. The van der Waals surface area contributed by atoms with Gasteiger partial charge in [-0.2, -0.15) is 0 Å². The third-order valence-electron chi connectivity index (χ3n) is 2.40. The predicted molar refractivity (Wildman–Crippen MR) is 67.4 cm³/mol. The quantitative estimate of drug-likeness (QED) is 0.759. The Labute approximate surface area is 97.9 Å². The van der Waals surface area contributed by atoms with Crippen molar-refractivity contribution in [2.45, 2.75) is 31.1 Å². The summed E-state index contributed by atoms with van der Waals surface area (Å²) >= 11 is 0. The van der Waals surface area contributed by atoms with Crippen LogP contribution in [0.15, 0.2) is 41.8 Å². The molecule has 0 spiro atoms. The molecule has 0 unspecified atom stereocenters. The zero-order chi connectivity index (χ0) is 12.4. The van der Waals surface area contributed by atoms with Gasteiger partial charge in [-0.05, 0) is 23.1 Å². The van der Waals surface area contributed by atoms with E-state index in [1.165, 1.54) is 6.08 Å². The molecule has 0 N–H and O–H groups in total. The molecule has 1 rings (SSSR count). The summed E-state index contributed by atoms with van der Waals surface area (Å²) in [5.74, 6) is -0.0133. The summed E-state index contributed by atoms with van der Waals surface area (Å²) in [6.45, 7) is 9.65. The Balaban J connectivity index is 3.23. The second-order valence-corrected chi connectivity index (χ2v) is 6.88. The molecule has 0 saturated carbocycles. The molecule has 0 aliphatic heterocycles. The van der Waals surface area contributed by atoms with Crippen LogP contribution in [0.1, 0.15) is 26.3 Å². The molecule has 0 aromatic heterocycles. The first-order valence-corrected chi connectivity index (χ1v) is 6.87. The van der Waals surface area contributed by atoms with Crippen LogP contribution in [-0.2, 0) is 15.3 Å². The zero-order valence-corrected chi connectivity index (χ0v) is 10.8. The summed E-state index contributed by atoms with van der Waals surface area (Å²) in [4.78, 5) is 0.375. The highest BCUT2D eigenvalue weighted by Gasteiger charge is 2.18. The SMILES string of the molecule is C=CCS(=O)(=O)c1cccc(C(C)(C)C)c1. The fourth-order valence-corrected chi connectivity index (χ4v) is 2.50. The van der Waals surface area contributed by atoms with Gasteiger partial charge in [0.05, 0.1) is 10.6 Å². The summed E-state index contributed by atoms with van der Waals surface area (Å²) in [5, 5.41) is 0. The maximum Gasteiger partial charge on any atom is 0.181 e. The van der Waals surface area contributed by atoms with Crippen molar-refractivity contribution in [3.8, 4) is 0 Å². The Bertz CT molecular complexity index is 479. The van der Waals surface area contributed by atoms with Crippen molar-refractivity contribution in [1.29, 1.82) is 0 Å². The minimum Gasteiger partial charge on any atom is -0.223 e. The van der Waals surface area contributed by atoms with Crippen molar-refractivity contribution in [3.05, 3.63) is 42.5 Å². The molecule has 0 aliphatic rings. The zero-order valence-electron chi connectivity index (χ0n) is 10.0. The molecule has 0 saturated heterocycles. The second-order valence-electron chi connectivity index (χ2n) is 4.85.